The van der Waals surface area contributed by atoms with Crippen LogP contribution in [0.25, 0.3) is 66.0 Å². The molecule has 0 atom stereocenters. The lowest BCUT2D eigenvalue weighted by Gasteiger charge is -2.11. The number of para-hydroxylation sites is 2. The van der Waals surface area contributed by atoms with Crippen molar-refractivity contribution in [2.75, 3.05) is 0 Å². The summed E-state index contributed by atoms with van der Waals surface area (Å²) < 4.78 is 4.53. The van der Waals surface area contributed by atoms with Crippen LogP contribution in [0.4, 0.5) is 0 Å². The van der Waals surface area contributed by atoms with Crippen LogP contribution >= 0.6 is 0 Å². The molecule has 158 valence electrons. The van der Waals surface area contributed by atoms with E-state index in [0.717, 1.165) is 49.7 Å². The minimum atomic E-state index is 0.928. The molecular formula is C29H17N5. The van der Waals surface area contributed by atoms with Crippen LogP contribution < -0.4 is 0 Å². The molecule has 5 heterocycles. The van der Waals surface area contributed by atoms with Crippen molar-refractivity contribution in [3.8, 4) is 5.69 Å². The van der Waals surface area contributed by atoms with Crippen LogP contribution in [0.15, 0.2) is 104 Å². The van der Waals surface area contributed by atoms with Crippen molar-refractivity contribution < 1.29 is 0 Å². The number of rotatable bonds is 1. The maximum Gasteiger partial charge on any atom is 0.146 e. The van der Waals surface area contributed by atoms with Gasteiger partial charge in [0.15, 0.2) is 0 Å². The third kappa shape index (κ3) is 2.16. The Morgan fingerprint density at radius 2 is 1.44 bits per heavy atom. The maximum atomic E-state index is 5.03. The molecule has 5 nitrogen and oxygen atoms in total. The highest BCUT2D eigenvalue weighted by atomic mass is 15.0. The SMILES string of the molecule is c1ccc(-n2c3ccccc3c3c4c(ccc32)c2nc3ccncc3n2c2cccnc42)cc1. The minimum absolute atomic E-state index is 0.928. The van der Waals surface area contributed by atoms with Gasteiger partial charge in [-0.25, -0.2) is 4.98 Å². The van der Waals surface area contributed by atoms with Crippen molar-refractivity contribution in [2.45, 2.75) is 0 Å². The van der Waals surface area contributed by atoms with Crippen LogP contribution in [-0.2, 0) is 0 Å². The third-order valence-corrected chi connectivity index (χ3v) is 6.81. The van der Waals surface area contributed by atoms with Gasteiger partial charge in [0.05, 0.1) is 39.3 Å². The fourth-order valence-electron chi connectivity index (χ4n) is 5.47. The fourth-order valence-corrected chi connectivity index (χ4v) is 5.47. The Kier molecular flexibility index (Phi) is 3.34. The van der Waals surface area contributed by atoms with Crippen LogP contribution in [0, 0.1) is 0 Å². The van der Waals surface area contributed by atoms with E-state index in [9.17, 15) is 0 Å². The highest BCUT2D eigenvalue weighted by molar-refractivity contribution is 6.29. The lowest BCUT2D eigenvalue weighted by molar-refractivity contribution is 1.18. The molecule has 0 aliphatic rings. The lowest BCUT2D eigenvalue weighted by atomic mass is 10.0. The van der Waals surface area contributed by atoms with E-state index < -0.39 is 0 Å². The Hall–Kier alpha value is -4.77. The standard InChI is InChI=1S/C29H17N5/c1-2-7-18(8-3-1)33-22-10-5-4-9-19(22)26-23(33)13-12-20-27(26)28-24(11-6-15-31-28)34-25-17-30-16-14-21(25)32-29(20)34/h1-17H. The van der Waals surface area contributed by atoms with Gasteiger partial charge in [-0.3, -0.25) is 14.4 Å². The van der Waals surface area contributed by atoms with Crippen molar-refractivity contribution in [3.05, 3.63) is 104 Å². The van der Waals surface area contributed by atoms with Crippen molar-refractivity contribution in [3.63, 3.8) is 0 Å². The number of nitrogens with zero attached hydrogens (tertiary/aromatic N) is 5. The summed E-state index contributed by atoms with van der Waals surface area (Å²) in [6.45, 7) is 0. The number of hydrogen-bond donors (Lipinski definition) is 0. The largest absolute Gasteiger partial charge is 0.309 e. The Morgan fingerprint density at radius 3 is 2.38 bits per heavy atom. The van der Waals surface area contributed by atoms with E-state index >= 15 is 0 Å². The Bertz CT molecular complexity index is 2070. The first-order chi connectivity index (χ1) is 16.9. The molecule has 0 bridgehead atoms. The molecule has 0 aliphatic carbocycles. The summed E-state index contributed by atoms with van der Waals surface area (Å²) in [7, 11) is 0. The van der Waals surface area contributed by atoms with E-state index in [-0.39, 0.29) is 0 Å². The average Bonchev–Trinajstić information content (AvgIpc) is 3.45. The molecule has 3 aromatic carbocycles. The lowest BCUT2D eigenvalue weighted by Crippen LogP contribution is -1.95. The fraction of sp³-hybridized carbons (Fsp3) is 0. The van der Waals surface area contributed by atoms with Crippen molar-refractivity contribution in [1.29, 1.82) is 0 Å². The van der Waals surface area contributed by atoms with Gasteiger partial charge in [0.25, 0.3) is 0 Å². The van der Waals surface area contributed by atoms with Crippen LogP contribution in [0.2, 0.25) is 0 Å². The summed E-state index contributed by atoms with van der Waals surface area (Å²) in [5, 5.41) is 4.63. The summed E-state index contributed by atoms with van der Waals surface area (Å²) in [5.41, 5.74) is 8.33. The van der Waals surface area contributed by atoms with Crippen LogP contribution in [0.5, 0.6) is 0 Å². The zero-order valence-electron chi connectivity index (χ0n) is 18.1. The maximum absolute atomic E-state index is 5.03. The molecule has 5 aromatic heterocycles. The van der Waals surface area contributed by atoms with Gasteiger partial charge in [0.2, 0.25) is 0 Å². The van der Waals surface area contributed by atoms with Crippen molar-refractivity contribution >= 4 is 60.3 Å². The van der Waals surface area contributed by atoms with Gasteiger partial charge < -0.3 is 4.57 Å². The van der Waals surface area contributed by atoms with Gasteiger partial charge in [-0.2, -0.15) is 0 Å². The summed E-state index contributed by atoms with van der Waals surface area (Å²) in [5.74, 6) is 0. The average molecular weight is 435 g/mol. The molecular weight excluding hydrogens is 418 g/mol. The summed E-state index contributed by atoms with van der Waals surface area (Å²) >= 11 is 0. The monoisotopic (exact) mass is 435 g/mol. The van der Waals surface area contributed by atoms with Gasteiger partial charge in [0.1, 0.15) is 5.65 Å². The Balaban J connectivity index is 1.70. The van der Waals surface area contributed by atoms with Crippen molar-refractivity contribution in [1.82, 2.24) is 23.9 Å². The van der Waals surface area contributed by atoms with E-state index in [0.29, 0.717) is 0 Å². The first kappa shape index (κ1) is 17.7. The predicted octanol–water partition coefficient (Wildman–Crippen LogP) is 6.68. The number of imidazole rings is 1. The smallest absolute Gasteiger partial charge is 0.146 e. The molecule has 8 rings (SSSR count). The number of pyridine rings is 3. The van der Waals surface area contributed by atoms with Crippen molar-refractivity contribution in [2.24, 2.45) is 0 Å². The molecule has 34 heavy (non-hydrogen) atoms. The first-order valence-corrected chi connectivity index (χ1v) is 11.3. The minimum Gasteiger partial charge on any atom is -0.309 e. The molecule has 0 N–H and O–H groups in total. The molecule has 0 unspecified atom stereocenters. The molecule has 0 fully saturated rings. The molecule has 0 aliphatic heterocycles. The number of fused-ring (bicyclic) bond motifs is 12. The highest BCUT2D eigenvalue weighted by Crippen LogP contribution is 2.41. The van der Waals surface area contributed by atoms with Crippen LogP contribution in [0.1, 0.15) is 0 Å². The molecule has 0 amide bonds. The summed E-state index contributed by atoms with van der Waals surface area (Å²) in [4.78, 5) is 14.3. The van der Waals surface area contributed by atoms with Gasteiger partial charge in [-0.05, 0) is 48.5 Å². The second kappa shape index (κ2) is 6.39. The highest BCUT2D eigenvalue weighted by Gasteiger charge is 2.20. The third-order valence-electron chi connectivity index (χ3n) is 6.81. The quantitative estimate of drug-likeness (QED) is 0.270. The van der Waals surface area contributed by atoms with Crippen LogP contribution in [-0.4, -0.2) is 23.9 Å². The second-order valence-corrected chi connectivity index (χ2v) is 8.58. The predicted molar refractivity (Wildman–Crippen MR) is 138 cm³/mol. The van der Waals surface area contributed by atoms with E-state index in [1.807, 2.05) is 24.5 Å². The summed E-state index contributed by atoms with van der Waals surface area (Å²) in [6.07, 6.45) is 5.55. The van der Waals surface area contributed by atoms with Gasteiger partial charge in [0, 0.05) is 39.6 Å². The van der Waals surface area contributed by atoms with Gasteiger partial charge in [-0.1, -0.05) is 36.4 Å². The molecule has 0 saturated carbocycles. The normalized spacial score (nSPS) is 12.1. The number of hydrogen-bond acceptors (Lipinski definition) is 3. The zero-order chi connectivity index (χ0) is 22.2. The Morgan fingerprint density at radius 1 is 0.588 bits per heavy atom. The van der Waals surface area contributed by atoms with Crippen LogP contribution in [0.3, 0.4) is 0 Å². The van der Waals surface area contributed by atoms with E-state index in [1.54, 1.807) is 6.20 Å². The van der Waals surface area contributed by atoms with E-state index in [1.165, 1.54) is 16.3 Å². The number of aromatic nitrogens is 5. The topological polar surface area (TPSA) is 48.0 Å². The zero-order valence-corrected chi connectivity index (χ0v) is 18.1. The van der Waals surface area contributed by atoms with E-state index in [4.69, 9.17) is 9.97 Å². The molecule has 0 radical (unpaired) electrons. The molecule has 0 spiro atoms. The summed E-state index contributed by atoms with van der Waals surface area (Å²) in [6, 6.07) is 29.6. The van der Waals surface area contributed by atoms with Gasteiger partial charge in [-0.15, -0.1) is 0 Å². The van der Waals surface area contributed by atoms with E-state index in [2.05, 4.69) is 86.7 Å². The van der Waals surface area contributed by atoms with Gasteiger partial charge >= 0.3 is 0 Å². The second-order valence-electron chi connectivity index (χ2n) is 8.58. The first-order valence-electron chi connectivity index (χ1n) is 11.3. The molecule has 8 aromatic rings. The Labute approximate surface area is 193 Å². The number of benzene rings is 3. The molecule has 0 saturated heterocycles. The molecule has 5 heteroatoms.